The van der Waals surface area contributed by atoms with Gasteiger partial charge in [0.15, 0.2) is 0 Å². The molecule has 19 heavy (non-hydrogen) atoms. The van der Waals surface area contributed by atoms with Crippen molar-refractivity contribution in [1.29, 1.82) is 0 Å². The zero-order chi connectivity index (χ0) is 14.0. The van der Waals surface area contributed by atoms with Gasteiger partial charge in [0, 0.05) is 23.4 Å². The topological polar surface area (TPSA) is 50.9 Å². The van der Waals surface area contributed by atoms with Crippen molar-refractivity contribution < 1.29 is 13.2 Å². The minimum Gasteiger partial charge on any atom is -0.271 e. The van der Waals surface area contributed by atoms with Crippen LogP contribution in [0.5, 0.6) is 0 Å². The summed E-state index contributed by atoms with van der Waals surface area (Å²) in [5.41, 5.74) is 2.80. The predicted octanol–water partition coefficient (Wildman–Crippen LogP) is 2.36. The fourth-order valence-corrected chi connectivity index (χ4v) is 1.87. The molecule has 0 amide bonds. The molecule has 2 rings (SSSR count). The van der Waals surface area contributed by atoms with E-state index in [0.29, 0.717) is 0 Å². The van der Waals surface area contributed by atoms with E-state index in [1.165, 1.54) is 25.3 Å². The molecule has 100 valence electrons. The zero-order valence-electron chi connectivity index (χ0n) is 10.1. The number of aromatic nitrogens is 1. The number of hydrogen-bond donors (Lipinski definition) is 2. The molecule has 6 heteroatoms. The van der Waals surface area contributed by atoms with Crippen LogP contribution in [0.1, 0.15) is 22.7 Å². The number of rotatable bonds is 3. The van der Waals surface area contributed by atoms with Crippen LogP contribution < -0.4 is 11.3 Å². The molecule has 1 unspecified atom stereocenters. The van der Waals surface area contributed by atoms with Crippen LogP contribution in [0.4, 0.5) is 13.2 Å². The molecular weight excluding hydrogens is 255 g/mol. The van der Waals surface area contributed by atoms with Crippen molar-refractivity contribution in [2.45, 2.75) is 13.0 Å². The minimum atomic E-state index is -0.915. The molecule has 0 aliphatic heterocycles. The van der Waals surface area contributed by atoms with Gasteiger partial charge in [0.2, 0.25) is 0 Å². The number of aryl methyl sites for hydroxylation is 1. The van der Waals surface area contributed by atoms with Crippen LogP contribution in [0, 0.1) is 24.4 Å². The standard InChI is InChI=1S/C13H12F3N3/c1-7-4-9(11(15)5-10(7)14)13(19-17)8-2-3-18-6-12(8)16/h2-6,13,19H,17H2,1H3. The third-order valence-electron chi connectivity index (χ3n) is 2.87. The molecule has 1 aromatic carbocycles. The first-order valence-electron chi connectivity index (χ1n) is 5.55. The first-order chi connectivity index (χ1) is 9.04. The highest BCUT2D eigenvalue weighted by Gasteiger charge is 2.21. The van der Waals surface area contributed by atoms with Crippen molar-refractivity contribution in [1.82, 2.24) is 10.4 Å². The van der Waals surface area contributed by atoms with E-state index < -0.39 is 23.5 Å². The van der Waals surface area contributed by atoms with Crippen LogP contribution in [0.15, 0.2) is 30.6 Å². The Kier molecular flexibility index (Phi) is 3.82. The SMILES string of the molecule is Cc1cc(C(NN)c2ccncc2F)c(F)cc1F. The Balaban J connectivity index is 2.55. The van der Waals surface area contributed by atoms with E-state index in [9.17, 15) is 13.2 Å². The van der Waals surface area contributed by atoms with E-state index in [2.05, 4.69) is 10.4 Å². The summed E-state index contributed by atoms with van der Waals surface area (Å²) < 4.78 is 40.7. The highest BCUT2D eigenvalue weighted by Crippen LogP contribution is 2.27. The first-order valence-corrected chi connectivity index (χ1v) is 5.55. The van der Waals surface area contributed by atoms with E-state index in [1.54, 1.807) is 0 Å². The van der Waals surface area contributed by atoms with Gasteiger partial charge in [0.05, 0.1) is 12.2 Å². The van der Waals surface area contributed by atoms with Gasteiger partial charge in [-0.1, -0.05) is 0 Å². The van der Waals surface area contributed by atoms with E-state index in [4.69, 9.17) is 5.84 Å². The molecule has 1 atom stereocenters. The lowest BCUT2D eigenvalue weighted by Gasteiger charge is -2.18. The highest BCUT2D eigenvalue weighted by molar-refractivity contribution is 5.35. The molecule has 3 N–H and O–H groups in total. The maximum Gasteiger partial charge on any atom is 0.146 e. The number of benzene rings is 1. The van der Waals surface area contributed by atoms with Crippen molar-refractivity contribution in [3.63, 3.8) is 0 Å². The third kappa shape index (κ3) is 2.59. The van der Waals surface area contributed by atoms with Crippen molar-refractivity contribution in [3.8, 4) is 0 Å². The van der Waals surface area contributed by atoms with Gasteiger partial charge in [-0.05, 0) is 24.6 Å². The van der Waals surface area contributed by atoms with Crippen LogP contribution >= 0.6 is 0 Å². The highest BCUT2D eigenvalue weighted by atomic mass is 19.1. The Bertz CT molecular complexity index is 602. The Morgan fingerprint density at radius 1 is 1.11 bits per heavy atom. The molecule has 0 saturated heterocycles. The van der Waals surface area contributed by atoms with E-state index in [-0.39, 0.29) is 16.7 Å². The number of halogens is 3. The van der Waals surface area contributed by atoms with E-state index >= 15 is 0 Å². The molecule has 0 aliphatic rings. The molecule has 1 heterocycles. The van der Waals surface area contributed by atoms with Crippen LogP contribution in [0.2, 0.25) is 0 Å². The van der Waals surface area contributed by atoms with Gasteiger partial charge >= 0.3 is 0 Å². The van der Waals surface area contributed by atoms with Gasteiger partial charge in [-0.2, -0.15) is 0 Å². The molecule has 0 aliphatic carbocycles. The number of nitrogens with one attached hydrogen (secondary N) is 1. The smallest absolute Gasteiger partial charge is 0.146 e. The lowest BCUT2D eigenvalue weighted by molar-refractivity contribution is 0.518. The average molecular weight is 267 g/mol. The fourth-order valence-electron chi connectivity index (χ4n) is 1.87. The Hall–Kier alpha value is -1.92. The van der Waals surface area contributed by atoms with Crippen molar-refractivity contribution in [3.05, 3.63) is 64.7 Å². The van der Waals surface area contributed by atoms with Gasteiger partial charge in [-0.15, -0.1) is 0 Å². The molecule has 0 radical (unpaired) electrons. The van der Waals surface area contributed by atoms with Crippen LogP contribution in [0.3, 0.4) is 0 Å². The molecule has 0 spiro atoms. The van der Waals surface area contributed by atoms with Gasteiger partial charge in [-0.25, -0.2) is 18.6 Å². The Morgan fingerprint density at radius 2 is 1.84 bits per heavy atom. The monoisotopic (exact) mass is 267 g/mol. The van der Waals surface area contributed by atoms with Gasteiger partial charge in [-0.3, -0.25) is 10.8 Å². The zero-order valence-corrected chi connectivity index (χ0v) is 10.1. The summed E-state index contributed by atoms with van der Waals surface area (Å²) in [7, 11) is 0. The molecule has 0 fully saturated rings. The quantitative estimate of drug-likeness (QED) is 0.663. The molecule has 3 nitrogen and oxygen atoms in total. The number of hydrazine groups is 1. The number of hydrogen-bond acceptors (Lipinski definition) is 3. The Labute approximate surface area is 108 Å². The number of nitrogens with zero attached hydrogens (tertiary/aromatic N) is 1. The Morgan fingerprint density at radius 3 is 2.47 bits per heavy atom. The van der Waals surface area contributed by atoms with Crippen LogP contribution in [0.25, 0.3) is 0 Å². The summed E-state index contributed by atoms with van der Waals surface area (Å²) in [4.78, 5) is 3.61. The average Bonchev–Trinajstić information content (AvgIpc) is 2.38. The van der Waals surface area contributed by atoms with Gasteiger partial charge in [0.25, 0.3) is 0 Å². The van der Waals surface area contributed by atoms with Crippen molar-refractivity contribution in [2.75, 3.05) is 0 Å². The molecular formula is C13H12F3N3. The van der Waals surface area contributed by atoms with Crippen LogP contribution in [-0.2, 0) is 0 Å². The van der Waals surface area contributed by atoms with E-state index in [0.717, 1.165) is 12.3 Å². The lowest BCUT2D eigenvalue weighted by Crippen LogP contribution is -2.30. The molecule has 0 bridgehead atoms. The predicted molar refractivity (Wildman–Crippen MR) is 64.5 cm³/mol. The largest absolute Gasteiger partial charge is 0.271 e. The normalized spacial score (nSPS) is 12.5. The third-order valence-corrected chi connectivity index (χ3v) is 2.87. The second-order valence-electron chi connectivity index (χ2n) is 4.12. The molecule has 1 aromatic heterocycles. The first kappa shape index (κ1) is 13.5. The maximum atomic E-state index is 13.8. The van der Waals surface area contributed by atoms with Gasteiger partial charge in [0.1, 0.15) is 17.5 Å². The molecule has 2 aromatic rings. The van der Waals surface area contributed by atoms with Crippen molar-refractivity contribution >= 4 is 0 Å². The maximum absolute atomic E-state index is 13.8. The van der Waals surface area contributed by atoms with Crippen LogP contribution in [-0.4, -0.2) is 4.98 Å². The fraction of sp³-hybridized carbons (Fsp3) is 0.154. The minimum absolute atomic E-state index is 0.0755. The summed E-state index contributed by atoms with van der Waals surface area (Å²) >= 11 is 0. The second kappa shape index (κ2) is 5.38. The van der Waals surface area contributed by atoms with E-state index in [1.807, 2.05) is 0 Å². The summed E-state index contributed by atoms with van der Waals surface area (Å²) in [5, 5.41) is 0. The lowest BCUT2D eigenvalue weighted by atomic mass is 9.97. The molecule has 0 saturated carbocycles. The van der Waals surface area contributed by atoms with Crippen molar-refractivity contribution in [2.24, 2.45) is 5.84 Å². The second-order valence-corrected chi connectivity index (χ2v) is 4.12. The summed E-state index contributed by atoms with van der Waals surface area (Å²) in [6.45, 7) is 1.49. The summed E-state index contributed by atoms with van der Waals surface area (Å²) in [6.07, 6.45) is 2.38. The number of pyridine rings is 1. The number of nitrogens with two attached hydrogens (primary N) is 1. The van der Waals surface area contributed by atoms with Gasteiger partial charge < -0.3 is 0 Å². The summed E-state index contributed by atoms with van der Waals surface area (Å²) in [5.74, 6) is 3.30. The summed E-state index contributed by atoms with van der Waals surface area (Å²) in [6, 6.07) is 2.53.